The molecule has 1 aliphatic heterocycles. The van der Waals surface area contributed by atoms with Crippen LogP contribution in [0.25, 0.3) is 0 Å². The van der Waals surface area contributed by atoms with E-state index in [1.54, 1.807) is 23.0 Å². The summed E-state index contributed by atoms with van der Waals surface area (Å²) in [5.74, 6) is -1.32. The Labute approximate surface area is 228 Å². The number of hydrogen-bond donors (Lipinski definition) is 4. The van der Waals surface area contributed by atoms with Crippen molar-refractivity contribution in [2.75, 3.05) is 11.9 Å². The molecule has 2 heterocycles. The normalized spacial score (nSPS) is 20.1. The van der Waals surface area contributed by atoms with Crippen molar-refractivity contribution in [3.05, 3.63) is 41.7 Å². The van der Waals surface area contributed by atoms with Crippen LogP contribution >= 0.6 is 0 Å². The van der Waals surface area contributed by atoms with Crippen molar-refractivity contribution in [1.29, 1.82) is 0 Å². The number of nitrogens with one attached hydrogen (secondary N) is 3. The number of aliphatic hydroxyl groups excluding tert-OH is 1. The number of nitrogens with zero attached hydrogens (tertiary/aromatic N) is 2. The van der Waals surface area contributed by atoms with Gasteiger partial charge in [0.1, 0.15) is 24.1 Å². The van der Waals surface area contributed by atoms with Gasteiger partial charge >= 0.3 is 6.18 Å². The van der Waals surface area contributed by atoms with E-state index in [1.807, 2.05) is 13.8 Å². The summed E-state index contributed by atoms with van der Waals surface area (Å²) in [6.07, 6.45) is -2.65. The summed E-state index contributed by atoms with van der Waals surface area (Å²) in [5, 5.41) is 21.4. The highest BCUT2D eigenvalue weighted by Crippen LogP contribution is 2.51. The highest BCUT2D eigenvalue weighted by molar-refractivity contribution is 6.01. The first-order valence-corrected chi connectivity index (χ1v) is 13.4. The maximum absolute atomic E-state index is 13.6. The molecule has 216 valence electrons. The van der Waals surface area contributed by atoms with E-state index in [-0.39, 0.29) is 36.1 Å². The largest absolute Gasteiger partial charge is 0.491 e. The second-order valence-corrected chi connectivity index (χ2v) is 11.0. The maximum atomic E-state index is 13.6. The van der Waals surface area contributed by atoms with Gasteiger partial charge in [0.05, 0.1) is 6.04 Å². The second-order valence-electron chi connectivity index (χ2n) is 11.0. The van der Waals surface area contributed by atoms with Gasteiger partial charge in [0, 0.05) is 29.6 Å². The van der Waals surface area contributed by atoms with E-state index in [2.05, 4.69) is 21.0 Å². The van der Waals surface area contributed by atoms with Gasteiger partial charge < -0.3 is 25.8 Å². The van der Waals surface area contributed by atoms with Crippen molar-refractivity contribution in [3.8, 4) is 5.75 Å². The number of anilines is 1. The quantitative estimate of drug-likeness (QED) is 0.351. The molecular weight excluding hydrogens is 531 g/mol. The zero-order valence-corrected chi connectivity index (χ0v) is 22.1. The zero-order chi connectivity index (χ0) is 28.8. The highest BCUT2D eigenvalue weighted by Gasteiger charge is 2.49. The Bertz CT molecular complexity index is 1280. The number of halogens is 3. The first-order chi connectivity index (χ1) is 18.9. The predicted octanol–water partition coefficient (Wildman–Crippen LogP) is 3.11. The molecule has 1 aromatic heterocycles. The molecule has 1 aromatic carbocycles. The Morgan fingerprint density at radius 3 is 2.35 bits per heavy atom. The molecule has 3 amide bonds. The molecule has 4 N–H and O–H groups in total. The highest BCUT2D eigenvalue weighted by atomic mass is 19.4. The smallest absolute Gasteiger partial charge is 0.423 e. The van der Waals surface area contributed by atoms with E-state index in [0.717, 1.165) is 25.7 Å². The monoisotopic (exact) mass is 563 g/mol. The number of carbonyl (C=O) groups excluding carboxylic acids is 3. The summed E-state index contributed by atoms with van der Waals surface area (Å²) in [7, 11) is 0. The molecule has 0 spiro atoms. The molecule has 2 aromatic rings. The minimum Gasteiger partial charge on any atom is -0.491 e. The van der Waals surface area contributed by atoms with Crippen molar-refractivity contribution in [2.45, 2.75) is 69.9 Å². The van der Waals surface area contributed by atoms with Gasteiger partial charge in [-0.15, -0.1) is 0 Å². The number of aliphatic hydroxyl groups is 1. The number of carbonyl (C=O) groups is 3. The maximum Gasteiger partial charge on any atom is 0.423 e. The van der Waals surface area contributed by atoms with E-state index >= 15 is 0 Å². The molecule has 0 saturated heterocycles. The molecule has 13 heteroatoms. The van der Waals surface area contributed by atoms with Crippen LogP contribution in [0.4, 0.5) is 18.9 Å². The van der Waals surface area contributed by atoms with Crippen LogP contribution in [0.3, 0.4) is 0 Å². The molecule has 2 saturated carbocycles. The molecule has 10 nitrogen and oxygen atoms in total. The predicted molar refractivity (Wildman–Crippen MR) is 136 cm³/mol. The number of hydrogen-bond acceptors (Lipinski definition) is 6. The Kier molecular flexibility index (Phi) is 7.51. The fourth-order valence-corrected chi connectivity index (χ4v) is 5.38. The van der Waals surface area contributed by atoms with E-state index in [9.17, 15) is 32.7 Å². The van der Waals surface area contributed by atoms with Crippen molar-refractivity contribution in [1.82, 2.24) is 20.4 Å². The van der Waals surface area contributed by atoms with E-state index in [4.69, 9.17) is 4.74 Å². The van der Waals surface area contributed by atoms with E-state index in [0.29, 0.717) is 28.8 Å². The minimum atomic E-state index is -5.08. The first-order valence-electron chi connectivity index (χ1n) is 13.4. The minimum absolute atomic E-state index is 0.00435. The van der Waals surface area contributed by atoms with Crippen LogP contribution in [0.15, 0.2) is 30.5 Å². The number of fused-ring (bicyclic) bond motifs is 1. The third-order valence-electron chi connectivity index (χ3n) is 7.62. The van der Waals surface area contributed by atoms with Gasteiger partial charge in [-0.2, -0.15) is 18.3 Å². The second kappa shape index (κ2) is 10.8. The fourth-order valence-electron chi connectivity index (χ4n) is 5.38. The summed E-state index contributed by atoms with van der Waals surface area (Å²) >= 11 is 0. The number of amides is 3. The van der Waals surface area contributed by atoms with Crippen molar-refractivity contribution < 1.29 is 37.4 Å². The third kappa shape index (κ3) is 5.93. The fraction of sp³-hybridized carbons (Fsp3) is 0.556. The standard InChI is InChI=1S/C27H32F3N5O5/c1-13(2)35-19(9-10-31-35)24(37)34-22(21(14-3-4-14)15-5-6-15)25(38)32-16-7-8-17-18(12-40-20(17)11-16)33-26(39)23(36)27(28,29)30/h7-11,13-15,18,21-23,36H,3-6,12H2,1-2H3,(H,32,38)(H,33,39)(H,34,37)/t18-,22+,23-/m1/s1. The van der Waals surface area contributed by atoms with Crippen molar-refractivity contribution in [2.24, 2.45) is 17.8 Å². The molecule has 40 heavy (non-hydrogen) atoms. The summed E-state index contributed by atoms with van der Waals surface area (Å²) in [6.45, 7) is 3.70. The molecule has 3 aliphatic rings. The van der Waals surface area contributed by atoms with Gasteiger partial charge in [0.25, 0.3) is 11.8 Å². The number of ether oxygens (including phenoxy) is 1. The van der Waals surface area contributed by atoms with Crippen LogP contribution in [0.5, 0.6) is 5.75 Å². The number of aromatic nitrogens is 2. The average molecular weight is 564 g/mol. The van der Waals surface area contributed by atoms with Crippen molar-refractivity contribution >= 4 is 23.4 Å². The van der Waals surface area contributed by atoms with Gasteiger partial charge in [-0.05, 0) is 69.4 Å². The summed E-state index contributed by atoms with van der Waals surface area (Å²) in [6, 6.07) is 4.54. The van der Waals surface area contributed by atoms with Crippen LogP contribution in [-0.2, 0) is 9.59 Å². The number of rotatable bonds is 10. The lowest BCUT2D eigenvalue weighted by Crippen LogP contribution is -2.50. The Balaban J connectivity index is 1.31. The summed E-state index contributed by atoms with van der Waals surface area (Å²) in [4.78, 5) is 38.7. The molecule has 2 aliphatic carbocycles. The lowest BCUT2D eigenvalue weighted by atomic mass is 9.88. The van der Waals surface area contributed by atoms with Gasteiger partial charge in [0.2, 0.25) is 12.0 Å². The van der Waals surface area contributed by atoms with Crippen LogP contribution in [0.1, 0.15) is 67.7 Å². The Morgan fingerprint density at radius 2 is 1.75 bits per heavy atom. The zero-order valence-electron chi connectivity index (χ0n) is 22.1. The summed E-state index contributed by atoms with van der Waals surface area (Å²) in [5.41, 5.74) is 1.16. The number of alkyl halides is 3. The molecule has 0 unspecified atom stereocenters. The van der Waals surface area contributed by atoms with Crippen LogP contribution in [0, 0.1) is 17.8 Å². The lowest BCUT2D eigenvalue weighted by molar-refractivity contribution is -0.205. The molecule has 5 rings (SSSR count). The van der Waals surface area contributed by atoms with Crippen LogP contribution in [-0.4, -0.2) is 57.5 Å². The average Bonchev–Trinajstić information content (AvgIpc) is 3.82. The third-order valence-corrected chi connectivity index (χ3v) is 7.62. The first kappa shape index (κ1) is 27.9. The number of benzene rings is 1. The van der Waals surface area contributed by atoms with Crippen LogP contribution < -0.4 is 20.7 Å². The van der Waals surface area contributed by atoms with E-state index in [1.165, 1.54) is 12.1 Å². The van der Waals surface area contributed by atoms with Crippen LogP contribution in [0.2, 0.25) is 0 Å². The molecular formula is C27H32F3N5O5. The van der Waals surface area contributed by atoms with Gasteiger partial charge in [0.15, 0.2) is 0 Å². The van der Waals surface area contributed by atoms with Gasteiger partial charge in [-0.1, -0.05) is 6.07 Å². The van der Waals surface area contributed by atoms with Gasteiger partial charge in [-0.3, -0.25) is 19.1 Å². The molecule has 2 fully saturated rings. The molecule has 3 atom stereocenters. The van der Waals surface area contributed by atoms with Crippen molar-refractivity contribution in [3.63, 3.8) is 0 Å². The lowest BCUT2D eigenvalue weighted by Gasteiger charge is -2.28. The Morgan fingerprint density at radius 1 is 1.07 bits per heavy atom. The summed E-state index contributed by atoms with van der Waals surface area (Å²) < 4.78 is 45.2. The Hall–Kier alpha value is -3.61. The SMILES string of the molecule is CC(C)n1nccc1C(=O)N[C@H](C(=O)Nc1ccc2c(c1)OC[C@H]2NC(=O)[C@@H](O)C(F)(F)F)C(C1CC1)C1CC1. The van der Waals surface area contributed by atoms with E-state index < -0.39 is 30.3 Å². The molecule has 0 radical (unpaired) electrons. The molecule has 0 bridgehead atoms. The van der Waals surface area contributed by atoms with Gasteiger partial charge in [-0.25, -0.2) is 0 Å². The topological polar surface area (TPSA) is 135 Å².